The van der Waals surface area contributed by atoms with Gasteiger partial charge in [0, 0.05) is 18.9 Å². The van der Waals surface area contributed by atoms with Crippen molar-refractivity contribution in [2.24, 2.45) is 0 Å². The van der Waals surface area contributed by atoms with Crippen molar-refractivity contribution in [1.29, 1.82) is 0 Å². The third kappa shape index (κ3) is 4.32. The summed E-state index contributed by atoms with van der Waals surface area (Å²) in [5, 5.41) is 0. The van der Waals surface area contributed by atoms with Crippen LogP contribution in [0.25, 0.3) is 0 Å². The Bertz CT molecular complexity index is 1070. The molecule has 1 aliphatic rings. The zero-order valence-electron chi connectivity index (χ0n) is 18.4. The molecule has 3 aromatic rings. The molecular weight excluding hydrogens is 408 g/mol. The van der Waals surface area contributed by atoms with E-state index in [1.54, 1.807) is 45.9 Å². The van der Waals surface area contributed by atoms with E-state index in [2.05, 4.69) is 4.98 Å². The van der Waals surface area contributed by atoms with E-state index in [1.807, 2.05) is 41.3 Å². The average molecular weight is 434 g/mol. The van der Waals surface area contributed by atoms with E-state index >= 15 is 0 Å². The standard InChI is InChI=1S/C25H26N2O5/c1-29-19-6-8-20(9-7-19)32-16-22-21-14-24(31-3)23(30-2)13-17(21)10-12-27(22)25(28)18-5-4-11-26-15-18/h4-9,11,13-15,22H,10,12,16H2,1-3H3/t22-/m1/s1. The molecule has 7 heteroatoms. The van der Waals surface area contributed by atoms with Gasteiger partial charge >= 0.3 is 0 Å². The predicted octanol–water partition coefficient (Wildman–Crippen LogP) is 3.93. The molecule has 2 heterocycles. The molecule has 0 saturated carbocycles. The zero-order chi connectivity index (χ0) is 22.5. The Kier molecular flexibility index (Phi) is 6.44. The predicted molar refractivity (Wildman–Crippen MR) is 120 cm³/mol. The van der Waals surface area contributed by atoms with Gasteiger partial charge in [-0.05, 0) is 66.1 Å². The van der Waals surface area contributed by atoms with Crippen LogP contribution in [0.5, 0.6) is 23.0 Å². The highest BCUT2D eigenvalue weighted by Gasteiger charge is 2.33. The summed E-state index contributed by atoms with van der Waals surface area (Å²) in [4.78, 5) is 19.3. The molecule has 0 aliphatic carbocycles. The highest BCUT2D eigenvalue weighted by atomic mass is 16.5. The number of rotatable bonds is 7. The third-order valence-corrected chi connectivity index (χ3v) is 5.64. The maximum Gasteiger partial charge on any atom is 0.256 e. The number of amides is 1. The molecule has 0 unspecified atom stereocenters. The van der Waals surface area contributed by atoms with Gasteiger partial charge in [0.25, 0.3) is 5.91 Å². The highest BCUT2D eigenvalue weighted by Crippen LogP contribution is 2.39. The maximum absolute atomic E-state index is 13.4. The number of ether oxygens (including phenoxy) is 4. The fourth-order valence-electron chi connectivity index (χ4n) is 3.95. The second-order valence-electron chi connectivity index (χ2n) is 7.40. The first-order valence-corrected chi connectivity index (χ1v) is 10.4. The lowest BCUT2D eigenvalue weighted by molar-refractivity contribution is 0.0589. The van der Waals surface area contributed by atoms with E-state index in [4.69, 9.17) is 18.9 Å². The van der Waals surface area contributed by atoms with Gasteiger partial charge in [0.2, 0.25) is 0 Å². The summed E-state index contributed by atoms with van der Waals surface area (Å²) in [6.07, 6.45) is 3.96. The molecule has 1 amide bonds. The number of hydrogen-bond donors (Lipinski definition) is 0. The van der Waals surface area contributed by atoms with E-state index in [-0.39, 0.29) is 11.9 Å². The summed E-state index contributed by atoms with van der Waals surface area (Å²) in [5.74, 6) is 2.67. The van der Waals surface area contributed by atoms with Gasteiger partial charge in [0.05, 0.1) is 32.9 Å². The second kappa shape index (κ2) is 9.60. The monoisotopic (exact) mass is 434 g/mol. The molecule has 0 fully saturated rings. The zero-order valence-corrected chi connectivity index (χ0v) is 18.4. The molecule has 7 nitrogen and oxygen atoms in total. The Morgan fingerprint density at radius 1 is 1.00 bits per heavy atom. The summed E-state index contributed by atoms with van der Waals surface area (Å²) >= 11 is 0. The van der Waals surface area contributed by atoms with Crippen molar-refractivity contribution in [2.75, 3.05) is 34.5 Å². The fourth-order valence-corrected chi connectivity index (χ4v) is 3.95. The molecule has 1 aliphatic heterocycles. The second-order valence-corrected chi connectivity index (χ2v) is 7.40. The topological polar surface area (TPSA) is 70.1 Å². The lowest BCUT2D eigenvalue weighted by Crippen LogP contribution is -2.42. The molecule has 32 heavy (non-hydrogen) atoms. The quantitative estimate of drug-likeness (QED) is 0.561. The molecule has 0 N–H and O–H groups in total. The normalized spacial score (nSPS) is 15.0. The Hall–Kier alpha value is -3.74. The number of carbonyl (C=O) groups is 1. The third-order valence-electron chi connectivity index (χ3n) is 5.64. The van der Waals surface area contributed by atoms with E-state index in [0.717, 1.165) is 16.9 Å². The van der Waals surface area contributed by atoms with Crippen molar-refractivity contribution in [3.63, 3.8) is 0 Å². The minimum atomic E-state index is -0.298. The van der Waals surface area contributed by atoms with Crippen LogP contribution >= 0.6 is 0 Å². The summed E-state index contributed by atoms with van der Waals surface area (Å²) in [5.41, 5.74) is 2.65. The van der Waals surface area contributed by atoms with Crippen LogP contribution in [0.1, 0.15) is 27.5 Å². The number of nitrogens with zero attached hydrogens (tertiary/aromatic N) is 2. The Balaban J connectivity index is 1.68. The fraction of sp³-hybridized carbons (Fsp3) is 0.280. The summed E-state index contributed by atoms with van der Waals surface area (Å²) < 4.78 is 22.3. The Morgan fingerprint density at radius 2 is 1.72 bits per heavy atom. The first kappa shape index (κ1) is 21.5. The van der Waals surface area contributed by atoms with Crippen molar-refractivity contribution in [3.05, 3.63) is 77.6 Å². The molecule has 0 bridgehead atoms. The van der Waals surface area contributed by atoms with Crippen molar-refractivity contribution >= 4 is 5.91 Å². The van der Waals surface area contributed by atoms with E-state index in [9.17, 15) is 4.79 Å². The van der Waals surface area contributed by atoms with Crippen molar-refractivity contribution in [3.8, 4) is 23.0 Å². The molecule has 0 radical (unpaired) electrons. The molecule has 0 spiro atoms. The summed E-state index contributed by atoms with van der Waals surface area (Å²) in [7, 11) is 4.85. The first-order chi connectivity index (χ1) is 15.6. The Morgan fingerprint density at radius 3 is 2.38 bits per heavy atom. The van der Waals surface area contributed by atoms with Crippen LogP contribution < -0.4 is 18.9 Å². The highest BCUT2D eigenvalue weighted by molar-refractivity contribution is 5.94. The van der Waals surface area contributed by atoms with Gasteiger partial charge in [-0.1, -0.05) is 0 Å². The van der Waals surface area contributed by atoms with E-state index < -0.39 is 0 Å². The number of aromatic nitrogens is 1. The molecule has 0 saturated heterocycles. The number of methoxy groups -OCH3 is 3. The smallest absolute Gasteiger partial charge is 0.256 e. The van der Waals surface area contributed by atoms with Crippen molar-refractivity contribution < 1.29 is 23.7 Å². The van der Waals surface area contributed by atoms with Gasteiger partial charge in [-0.25, -0.2) is 0 Å². The summed E-state index contributed by atoms with van der Waals surface area (Å²) in [6.45, 7) is 0.855. The molecular formula is C25H26N2O5. The lowest BCUT2D eigenvalue weighted by atomic mass is 9.91. The van der Waals surface area contributed by atoms with E-state index in [0.29, 0.717) is 42.4 Å². The minimum Gasteiger partial charge on any atom is -0.497 e. The van der Waals surface area contributed by atoms with Gasteiger partial charge < -0.3 is 23.8 Å². The van der Waals surface area contributed by atoms with Gasteiger partial charge in [-0.2, -0.15) is 0 Å². The number of benzene rings is 2. The van der Waals surface area contributed by atoms with Crippen LogP contribution in [0.2, 0.25) is 0 Å². The Labute approximate surface area is 187 Å². The maximum atomic E-state index is 13.4. The molecule has 166 valence electrons. The lowest BCUT2D eigenvalue weighted by Gasteiger charge is -2.37. The SMILES string of the molecule is COc1ccc(OC[C@@H]2c3cc(OC)c(OC)cc3CCN2C(=O)c2cccnc2)cc1. The minimum absolute atomic E-state index is 0.0816. The van der Waals surface area contributed by atoms with Gasteiger partial charge in [-0.15, -0.1) is 0 Å². The van der Waals surface area contributed by atoms with Crippen LogP contribution in [0, 0.1) is 0 Å². The van der Waals surface area contributed by atoms with Crippen molar-refractivity contribution in [1.82, 2.24) is 9.88 Å². The van der Waals surface area contributed by atoms with Crippen molar-refractivity contribution in [2.45, 2.75) is 12.5 Å². The number of hydrogen-bond acceptors (Lipinski definition) is 6. The number of fused-ring (bicyclic) bond motifs is 1. The molecule has 1 atom stereocenters. The van der Waals surface area contributed by atoms with Gasteiger partial charge in [0.1, 0.15) is 18.1 Å². The summed E-state index contributed by atoms with van der Waals surface area (Å²) in [6, 6.07) is 14.6. The van der Waals surface area contributed by atoms with Crippen LogP contribution in [0.4, 0.5) is 0 Å². The van der Waals surface area contributed by atoms with Crippen LogP contribution in [0.3, 0.4) is 0 Å². The average Bonchev–Trinajstić information content (AvgIpc) is 2.86. The van der Waals surface area contributed by atoms with Crippen LogP contribution in [0.15, 0.2) is 60.9 Å². The molecule has 1 aromatic heterocycles. The first-order valence-electron chi connectivity index (χ1n) is 10.4. The molecule has 2 aromatic carbocycles. The number of carbonyl (C=O) groups excluding carboxylic acids is 1. The van der Waals surface area contributed by atoms with Gasteiger partial charge in [-0.3, -0.25) is 9.78 Å². The van der Waals surface area contributed by atoms with Crippen LogP contribution in [-0.4, -0.2) is 50.3 Å². The van der Waals surface area contributed by atoms with Crippen LogP contribution in [-0.2, 0) is 6.42 Å². The largest absolute Gasteiger partial charge is 0.497 e. The number of pyridine rings is 1. The molecule has 4 rings (SSSR count). The van der Waals surface area contributed by atoms with Gasteiger partial charge in [0.15, 0.2) is 11.5 Å². The van der Waals surface area contributed by atoms with E-state index in [1.165, 1.54) is 0 Å².